The molecule has 0 spiro atoms. The minimum Gasteiger partial charge on any atom is -0.385 e. The maximum atomic E-state index is 12.7. The monoisotopic (exact) mass is 576 g/mol. The molecule has 41 heavy (non-hydrogen) atoms. The van der Waals surface area contributed by atoms with E-state index >= 15 is 0 Å². The van der Waals surface area contributed by atoms with Crippen molar-refractivity contribution in [3.63, 3.8) is 0 Å². The summed E-state index contributed by atoms with van der Waals surface area (Å²) in [6, 6.07) is 17.0. The van der Waals surface area contributed by atoms with Crippen LogP contribution in [0.3, 0.4) is 0 Å². The molecule has 0 amide bonds. The van der Waals surface area contributed by atoms with Gasteiger partial charge in [0, 0.05) is 72.1 Å². The van der Waals surface area contributed by atoms with E-state index in [0.717, 1.165) is 82.3 Å². The molecule has 2 aromatic carbocycles. The number of pyridine rings is 1. The number of nitrogens with one attached hydrogen (secondary N) is 2. The summed E-state index contributed by atoms with van der Waals surface area (Å²) in [6.07, 6.45) is 2.10. The lowest BCUT2D eigenvalue weighted by Crippen LogP contribution is -2.40. The molecule has 2 aliphatic heterocycles. The number of morpholine rings is 2. The van der Waals surface area contributed by atoms with Gasteiger partial charge in [0.05, 0.1) is 32.1 Å². The number of ether oxygens (including phenoxy) is 2. The fourth-order valence-corrected chi connectivity index (χ4v) is 6.79. The summed E-state index contributed by atoms with van der Waals surface area (Å²) in [5.74, 6) is 0.557. The van der Waals surface area contributed by atoms with Crippen molar-refractivity contribution in [1.29, 1.82) is 0 Å². The molecule has 3 heterocycles. The first-order valence-corrected chi connectivity index (χ1v) is 15.8. The lowest BCUT2D eigenvalue weighted by atomic mass is 10.1. The van der Waals surface area contributed by atoms with E-state index < -0.39 is 0 Å². The molecule has 2 aliphatic rings. The van der Waals surface area contributed by atoms with Gasteiger partial charge >= 0.3 is 0 Å². The van der Waals surface area contributed by atoms with Crippen LogP contribution in [-0.2, 0) is 15.9 Å². The summed E-state index contributed by atoms with van der Waals surface area (Å²) in [4.78, 5) is 23.0. The van der Waals surface area contributed by atoms with Gasteiger partial charge in [0.2, 0.25) is 5.56 Å². The summed E-state index contributed by atoms with van der Waals surface area (Å²) < 4.78 is 11.0. The molecule has 0 saturated carbocycles. The average molecular weight is 577 g/mol. The highest BCUT2D eigenvalue weighted by Gasteiger charge is 2.18. The Bertz CT molecular complexity index is 1350. The number of rotatable bonds is 11. The normalized spacial score (nSPS) is 17.0. The lowest BCUT2D eigenvalue weighted by molar-refractivity contribution is 0.0325. The summed E-state index contributed by atoms with van der Waals surface area (Å²) in [5, 5.41) is 3.70. The van der Waals surface area contributed by atoms with Crippen LogP contribution in [0.1, 0.15) is 31.4 Å². The quantitative estimate of drug-likeness (QED) is 0.305. The van der Waals surface area contributed by atoms with Gasteiger partial charge in [-0.25, -0.2) is 0 Å². The van der Waals surface area contributed by atoms with Crippen molar-refractivity contribution >= 4 is 23.1 Å². The van der Waals surface area contributed by atoms with Gasteiger partial charge in [-0.1, -0.05) is 50.2 Å². The van der Waals surface area contributed by atoms with Crippen LogP contribution >= 0.6 is 11.8 Å². The van der Waals surface area contributed by atoms with E-state index in [1.54, 1.807) is 17.8 Å². The molecular formula is C33H44N4O3S. The molecule has 1 aromatic heterocycles. The zero-order chi connectivity index (χ0) is 28.6. The predicted molar refractivity (Wildman–Crippen MR) is 170 cm³/mol. The van der Waals surface area contributed by atoms with Gasteiger partial charge in [-0.3, -0.25) is 9.69 Å². The smallest absolute Gasteiger partial charge is 0.250 e. The highest BCUT2D eigenvalue weighted by atomic mass is 32.2. The van der Waals surface area contributed by atoms with Crippen LogP contribution in [0, 0.1) is 12.8 Å². The molecule has 0 radical (unpaired) electrons. The molecule has 5 rings (SSSR count). The molecule has 1 atom stereocenters. The fourth-order valence-electron chi connectivity index (χ4n) is 5.62. The Morgan fingerprint density at radius 2 is 1.76 bits per heavy atom. The average Bonchev–Trinajstić information content (AvgIpc) is 2.99. The third-order valence-corrected chi connectivity index (χ3v) is 9.19. The number of H-pyrrole nitrogens is 1. The number of anilines is 2. The van der Waals surface area contributed by atoms with Crippen molar-refractivity contribution in [2.24, 2.45) is 5.92 Å². The minimum absolute atomic E-state index is 0.0774. The maximum Gasteiger partial charge on any atom is 0.250 e. The van der Waals surface area contributed by atoms with E-state index in [0.29, 0.717) is 19.1 Å². The Labute approximate surface area is 248 Å². The SMILES string of the molecule is CCCc1cc(NCC(C)CN2CCOCC2)ccc1Sc1c(C)cccc1-c1cc(N2CCOCC2)cc(=O)[nH]1. The number of benzene rings is 2. The van der Waals surface area contributed by atoms with Crippen LogP contribution in [0.4, 0.5) is 11.4 Å². The Morgan fingerprint density at radius 1 is 1.00 bits per heavy atom. The number of aromatic nitrogens is 1. The summed E-state index contributed by atoms with van der Waals surface area (Å²) in [5.41, 5.74) is 6.53. The van der Waals surface area contributed by atoms with Crippen molar-refractivity contribution in [3.05, 3.63) is 70.0 Å². The number of aromatic amines is 1. The van der Waals surface area contributed by atoms with Crippen molar-refractivity contribution < 1.29 is 9.47 Å². The molecule has 2 fully saturated rings. The van der Waals surface area contributed by atoms with E-state index in [1.807, 2.05) is 0 Å². The standard InChI is InChI=1S/C33H44N4O3S/c1-4-6-26-19-27(34-22-24(2)23-36-11-15-39-16-12-36)9-10-31(26)41-33-25(3)7-5-8-29(33)30-20-28(21-32(38)35-30)37-13-17-40-18-14-37/h5,7-10,19-21,24,34H,4,6,11-18,22-23H2,1-3H3,(H,35,38). The minimum atomic E-state index is -0.0774. The van der Waals surface area contributed by atoms with E-state index in [4.69, 9.17) is 9.47 Å². The number of hydrogen-bond acceptors (Lipinski definition) is 7. The molecule has 8 heteroatoms. The highest BCUT2D eigenvalue weighted by Crippen LogP contribution is 2.40. The Hall–Kier alpha value is -2.78. The van der Waals surface area contributed by atoms with Crippen LogP contribution in [0.25, 0.3) is 11.3 Å². The summed E-state index contributed by atoms with van der Waals surface area (Å²) in [7, 11) is 0. The molecule has 2 saturated heterocycles. The van der Waals surface area contributed by atoms with Gasteiger partial charge in [-0.15, -0.1) is 0 Å². The van der Waals surface area contributed by atoms with Crippen molar-refractivity contribution in [2.45, 2.75) is 43.4 Å². The topological polar surface area (TPSA) is 69.8 Å². The Morgan fingerprint density at radius 3 is 2.51 bits per heavy atom. The van der Waals surface area contributed by atoms with Gasteiger partial charge in [0.1, 0.15) is 0 Å². The molecule has 2 N–H and O–H groups in total. The van der Waals surface area contributed by atoms with Gasteiger partial charge in [0.25, 0.3) is 0 Å². The maximum absolute atomic E-state index is 12.7. The van der Waals surface area contributed by atoms with E-state index in [9.17, 15) is 4.79 Å². The number of aryl methyl sites for hydroxylation is 2. The first kappa shape index (κ1) is 29.7. The van der Waals surface area contributed by atoms with Crippen molar-refractivity contribution in [2.75, 3.05) is 75.9 Å². The van der Waals surface area contributed by atoms with Crippen molar-refractivity contribution in [1.82, 2.24) is 9.88 Å². The lowest BCUT2D eigenvalue weighted by Gasteiger charge is -2.29. The van der Waals surface area contributed by atoms with Gasteiger partial charge < -0.3 is 24.7 Å². The molecule has 0 aliphatic carbocycles. The zero-order valence-electron chi connectivity index (χ0n) is 24.7. The van der Waals surface area contributed by atoms with Gasteiger partial charge in [-0.2, -0.15) is 0 Å². The number of hydrogen-bond donors (Lipinski definition) is 2. The van der Waals surface area contributed by atoms with Crippen LogP contribution < -0.4 is 15.8 Å². The third kappa shape index (κ3) is 7.95. The Balaban J connectivity index is 1.35. The molecule has 1 unspecified atom stereocenters. The summed E-state index contributed by atoms with van der Waals surface area (Å²) in [6.45, 7) is 15.5. The molecular weight excluding hydrogens is 532 g/mol. The van der Waals surface area contributed by atoms with Crippen LogP contribution in [-0.4, -0.2) is 75.6 Å². The third-order valence-electron chi connectivity index (χ3n) is 7.83. The van der Waals surface area contributed by atoms with Gasteiger partial charge in [-0.05, 0) is 54.7 Å². The van der Waals surface area contributed by atoms with Crippen LogP contribution in [0.15, 0.2) is 63.1 Å². The predicted octanol–water partition coefficient (Wildman–Crippen LogP) is 5.67. The molecule has 220 valence electrons. The summed E-state index contributed by atoms with van der Waals surface area (Å²) >= 11 is 1.80. The molecule has 0 bridgehead atoms. The fraction of sp³-hybridized carbons (Fsp3) is 0.485. The van der Waals surface area contributed by atoms with Gasteiger partial charge in [0.15, 0.2) is 0 Å². The number of nitrogens with zero attached hydrogens (tertiary/aromatic N) is 2. The Kier molecular flexibility index (Phi) is 10.4. The first-order chi connectivity index (χ1) is 20.0. The second kappa shape index (κ2) is 14.4. The molecule has 7 nitrogen and oxygen atoms in total. The van der Waals surface area contributed by atoms with E-state index in [1.165, 1.54) is 26.6 Å². The van der Waals surface area contributed by atoms with E-state index in [2.05, 4.69) is 83.3 Å². The second-order valence-electron chi connectivity index (χ2n) is 11.2. The van der Waals surface area contributed by atoms with Crippen LogP contribution in [0.2, 0.25) is 0 Å². The largest absolute Gasteiger partial charge is 0.385 e. The van der Waals surface area contributed by atoms with E-state index in [-0.39, 0.29) is 5.56 Å². The zero-order valence-corrected chi connectivity index (χ0v) is 25.5. The van der Waals surface area contributed by atoms with Crippen LogP contribution in [0.5, 0.6) is 0 Å². The van der Waals surface area contributed by atoms with Crippen molar-refractivity contribution in [3.8, 4) is 11.3 Å². The molecule has 3 aromatic rings. The highest BCUT2D eigenvalue weighted by molar-refractivity contribution is 7.99. The first-order valence-electron chi connectivity index (χ1n) is 15.0. The second-order valence-corrected chi connectivity index (χ2v) is 12.3.